The number of fused-ring (bicyclic) bond motifs is 1. The number of anilines is 1. The number of hydrogen-bond donors (Lipinski definition) is 2. The highest BCUT2D eigenvalue weighted by Gasteiger charge is 2.24. The first kappa shape index (κ1) is 18.8. The van der Waals surface area contributed by atoms with Crippen molar-refractivity contribution in [3.8, 4) is 5.75 Å². The van der Waals surface area contributed by atoms with Gasteiger partial charge in [0.2, 0.25) is 0 Å². The molecule has 2 aliphatic heterocycles. The molecule has 2 aromatic rings. The Hall–Kier alpha value is -2.53. The molecule has 28 heavy (non-hydrogen) atoms. The molecule has 4 rings (SSSR count). The maximum atomic E-state index is 12.8. The van der Waals surface area contributed by atoms with Gasteiger partial charge in [-0.05, 0) is 73.0 Å². The van der Waals surface area contributed by atoms with Gasteiger partial charge in [-0.1, -0.05) is 24.3 Å². The first-order chi connectivity index (χ1) is 13.7. The van der Waals surface area contributed by atoms with E-state index < -0.39 is 0 Å². The molecule has 2 heterocycles. The third-order valence-corrected chi connectivity index (χ3v) is 5.97. The lowest BCUT2D eigenvalue weighted by Gasteiger charge is -2.32. The molecule has 2 aliphatic rings. The summed E-state index contributed by atoms with van der Waals surface area (Å²) in [6.45, 7) is 3.50. The van der Waals surface area contributed by atoms with Gasteiger partial charge in [0.05, 0.1) is 7.11 Å². The largest absolute Gasteiger partial charge is 0.497 e. The van der Waals surface area contributed by atoms with E-state index in [0.717, 1.165) is 63.3 Å². The van der Waals surface area contributed by atoms with Crippen molar-refractivity contribution >= 4 is 11.7 Å². The van der Waals surface area contributed by atoms with Crippen molar-refractivity contribution in [3.05, 3.63) is 59.2 Å². The van der Waals surface area contributed by atoms with Gasteiger partial charge in [0.25, 0.3) is 0 Å². The van der Waals surface area contributed by atoms with E-state index in [2.05, 4.69) is 28.8 Å². The number of rotatable bonds is 4. The third-order valence-electron chi connectivity index (χ3n) is 5.97. The van der Waals surface area contributed by atoms with Crippen LogP contribution in [0.5, 0.6) is 5.75 Å². The molecule has 0 atom stereocenters. The Morgan fingerprint density at radius 2 is 1.96 bits per heavy atom. The van der Waals surface area contributed by atoms with E-state index in [9.17, 15) is 4.79 Å². The highest BCUT2D eigenvalue weighted by molar-refractivity contribution is 5.90. The van der Waals surface area contributed by atoms with E-state index in [1.807, 2.05) is 29.2 Å². The molecule has 0 aliphatic carbocycles. The predicted molar refractivity (Wildman–Crippen MR) is 112 cm³/mol. The van der Waals surface area contributed by atoms with Crippen LogP contribution in [-0.4, -0.2) is 37.7 Å². The number of piperidine rings is 1. The molecule has 2 amide bonds. The average Bonchev–Trinajstić information content (AvgIpc) is 2.75. The molecule has 2 aromatic carbocycles. The summed E-state index contributed by atoms with van der Waals surface area (Å²) in [6.07, 6.45) is 4.14. The highest BCUT2D eigenvalue weighted by Crippen LogP contribution is 2.26. The van der Waals surface area contributed by atoms with E-state index in [1.165, 1.54) is 16.7 Å². The number of amides is 2. The fourth-order valence-corrected chi connectivity index (χ4v) is 4.28. The van der Waals surface area contributed by atoms with Crippen LogP contribution in [0.1, 0.15) is 29.5 Å². The second kappa shape index (κ2) is 8.65. The Bertz CT molecular complexity index is 811. The molecule has 5 nitrogen and oxygen atoms in total. The van der Waals surface area contributed by atoms with Crippen LogP contribution < -0.4 is 15.4 Å². The van der Waals surface area contributed by atoms with Gasteiger partial charge in [0.15, 0.2) is 0 Å². The van der Waals surface area contributed by atoms with Gasteiger partial charge in [-0.15, -0.1) is 0 Å². The average molecular weight is 380 g/mol. The molecule has 0 aromatic heterocycles. The third kappa shape index (κ3) is 4.30. The van der Waals surface area contributed by atoms with Crippen LogP contribution in [0, 0.1) is 5.92 Å². The van der Waals surface area contributed by atoms with Crippen molar-refractivity contribution in [1.29, 1.82) is 0 Å². The van der Waals surface area contributed by atoms with Crippen LogP contribution in [0.3, 0.4) is 0 Å². The van der Waals surface area contributed by atoms with E-state index in [1.54, 1.807) is 7.11 Å². The Kier molecular flexibility index (Phi) is 5.81. The molecule has 1 fully saturated rings. The van der Waals surface area contributed by atoms with Crippen molar-refractivity contribution in [2.24, 2.45) is 5.92 Å². The Balaban J connectivity index is 1.30. The number of hydrogen-bond acceptors (Lipinski definition) is 3. The summed E-state index contributed by atoms with van der Waals surface area (Å²) < 4.78 is 5.23. The minimum Gasteiger partial charge on any atom is -0.497 e. The summed E-state index contributed by atoms with van der Waals surface area (Å²) in [7, 11) is 1.69. The molecular weight excluding hydrogens is 350 g/mol. The minimum atomic E-state index is 0.0369. The van der Waals surface area contributed by atoms with Gasteiger partial charge in [-0.2, -0.15) is 0 Å². The quantitative estimate of drug-likeness (QED) is 0.849. The standard InChI is InChI=1S/C23H29N3O2/c1-28-20-7-5-17(6-8-20)15-18-10-13-26(14-11-18)23(27)25-22-4-2-3-19-16-24-12-9-21(19)22/h2-8,18,24H,9-16H2,1H3,(H,25,27). The number of carbonyl (C=O) groups is 1. The molecule has 5 heteroatoms. The fourth-order valence-electron chi connectivity index (χ4n) is 4.28. The lowest BCUT2D eigenvalue weighted by Crippen LogP contribution is -2.41. The maximum absolute atomic E-state index is 12.8. The van der Waals surface area contributed by atoms with Crippen LogP contribution in [0.25, 0.3) is 0 Å². The summed E-state index contributed by atoms with van der Waals surface area (Å²) in [6, 6.07) is 14.6. The monoisotopic (exact) mass is 379 g/mol. The van der Waals surface area contributed by atoms with Crippen LogP contribution in [0.15, 0.2) is 42.5 Å². The van der Waals surface area contributed by atoms with Gasteiger partial charge in [0, 0.05) is 25.3 Å². The number of methoxy groups -OCH3 is 1. The Morgan fingerprint density at radius 1 is 1.18 bits per heavy atom. The van der Waals surface area contributed by atoms with Crippen LogP contribution in [-0.2, 0) is 19.4 Å². The zero-order chi connectivity index (χ0) is 19.3. The Labute approximate surface area is 167 Å². The molecule has 148 valence electrons. The number of likely N-dealkylation sites (tertiary alicyclic amines) is 1. The van der Waals surface area contributed by atoms with E-state index >= 15 is 0 Å². The molecule has 0 unspecified atom stereocenters. The number of benzene rings is 2. The normalized spacial score (nSPS) is 17.1. The molecular formula is C23H29N3O2. The molecule has 2 N–H and O–H groups in total. The molecule has 1 saturated heterocycles. The smallest absolute Gasteiger partial charge is 0.321 e. The van der Waals surface area contributed by atoms with E-state index in [0.29, 0.717) is 5.92 Å². The minimum absolute atomic E-state index is 0.0369. The van der Waals surface area contributed by atoms with Gasteiger partial charge in [-0.3, -0.25) is 0 Å². The zero-order valence-electron chi connectivity index (χ0n) is 16.5. The first-order valence-electron chi connectivity index (χ1n) is 10.2. The van der Waals surface area contributed by atoms with Crippen LogP contribution in [0.4, 0.5) is 10.5 Å². The summed E-state index contributed by atoms with van der Waals surface area (Å²) in [5.41, 5.74) is 4.89. The second-order valence-electron chi connectivity index (χ2n) is 7.78. The summed E-state index contributed by atoms with van der Waals surface area (Å²) in [5.74, 6) is 1.53. The molecule has 0 radical (unpaired) electrons. The van der Waals surface area contributed by atoms with Crippen LogP contribution in [0.2, 0.25) is 0 Å². The highest BCUT2D eigenvalue weighted by atomic mass is 16.5. The number of urea groups is 1. The summed E-state index contributed by atoms with van der Waals surface area (Å²) in [4.78, 5) is 14.7. The Morgan fingerprint density at radius 3 is 2.71 bits per heavy atom. The molecule has 0 spiro atoms. The molecule has 0 saturated carbocycles. The number of nitrogens with one attached hydrogen (secondary N) is 2. The van der Waals surface area contributed by atoms with Crippen molar-refractivity contribution in [2.75, 3.05) is 32.1 Å². The number of nitrogens with zero attached hydrogens (tertiary/aromatic N) is 1. The van der Waals surface area contributed by atoms with Crippen molar-refractivity contribution in [3.63, 3.8) is 0 Å². The van der Waals surface area contributed by atoms with Gasteiger partial charge < -0.3 is 20.3 Å². The number of ether oxygens (including phenoxy) is 1. The van der Waals surface area contributed by atoms with E-state index in [-0.39, 0.29) is 6.03 Å². The van der Waals surface area contributed by atoms with Gasteiger partial charge in [0.1, 0.15) is 5.75 Å². The fraction of sp³-hybridized carbons (Fsp3) is 0.435. The van der Waals surface area contributed by atoms with E-state index in [4.69, 9.17) is 4.74 Å². The van der Waals surface area contributed by atoms with Crippen LogP contribution >= 0.6 is 0 Å². The first-order valence-corrected chi connectivity index (χ1v) is 10.2. The van der Waals surface area contributed by atoms with Crippen molar-refractivity contribution in [2.45, 2.75) is 32.2 Å². The van der Waals surface area contributed by atoms with Crippen molar-refractivity contribution in [1.82, 2.24) is 10.2 Å². The predicted octanol–water partition coefficient (Wildman–Crippen LogP) is 3.83. The van der Waals surface area contributed by atoms with Crippen molar-refractivity contribution < 1.29 is 9.53 Å². The SMILES string of the molecule is COc1ccc(CC2CCN(C(=O)Nc3cccc4c3CCNC4)CC2)cc1. The lowest BCUT2D eigenvalue weighted by molar-refractivity contribution is 0.182. The topological polar surface area (TPSA) is 53.6 Å². The zero-order valence-corrected chi connectivity index (χ0v) is 16.5. The van der Waals surface area contributed by atoms with Gasteiger partial charge in [-0.25, -0.2) is 4.79 Å². The second-order valence-corrected chi connectivity index (χ2v) is 7.78. The lowest BCUT2D eigenvalue weighted by atomic mass is 9.90. The molecule has 0 bridgehead atoms. The van der Waals surface area contributed by atoms with Gasteiger partial charge >= 0.3 is 6.03 Å². The summed E-state index contributed by atoms with van der Waals surface area (Å²) in [5, 5.41) is 6.55. The maximum Gasteiger partial charge on any atom is 0.321 e. The summed E-state index contributed by atoms with van der Waals surface area (Å²) >= 11 is 0. The number of carbonyl (C=O) groups excluding carboxylic acids is 1.